The number of rotatable bonds is 5. The Hall–Kier alpha value is -1.91. The van der Waals surface area contributed by atoms with Gasteiger partial charge in [-0.15, -0.1) is 0 Å². The molecule has 1 aliphatic carbocycles. The Morgan fingerprint density at radius 2 is 1.85 bits per heavy atom. The molecular weight excluding hydrogens is 326 g/mol. The van der Waals surface area contributed by atoms with Crippen LogP contribution in [0.15, 0.2) is 36.4 Å². The highest BCUT2D eigenvalue weighted by Gasteiger charge is 2.30. The second kappa shape index (κ2) is 8.65. The van der Waals surface area contributed by atoms with Crippen LogP contribution in [0.25, 0.3) is 10.8 Å². The second-order valence-electron chi connectivity index (χ2n) is 7.33. The van der Waals surface area contributed by atoms with E-state index in [9.17, 15) is 4.79 Å². The molecule has 140 valence electrons. The topological polar surface area (TPSA) is 49.8 Å². The van der Waals surface area contributed by atoms with Crippen molar-refractivity contribution in [2.75, 3.05) is 33.9 Å². The van der Waals surface area contributed by atoms with Crippen LogP contribution in [0.5, 0.6) is 5.75 Å². The van der Waals surface area contributed by atoms with Gasteiger partial charge < -0.3 is 14.7 Å². The van der Waals surface area contributed by atoms with E-state index in [4.69, 9.17) is 9.84 Å². The first-order chi connectivity index (χ1) is 12.7. The van der Waals surface area contributed by atoms with Crippen molar-refractivity contribution in [3.05, 3.63) is 42.0 Å². The standard InChI is InChI=1S/C21H25NO2.CH4O/c1-24-20-9-8-16-11-18(7-6-17(16)12-20)21(23)19-3-2-10-22(14-19)13-15-4-5-15;1-2/h6-9,11-12,15,19H,2-5,10,13-14H2,1H3;2H,1H3/t19-;/m0./s1. The largest absolute Gasteiger partial charge is 0.497 e. The summed E-state index contributed by atoms with van der Waals surface area (Å²) in [6, 6.07) is 12.1. The maximum absolute atomic E-state index is 13.0. The van der Waals surface area contributed by atoms with Crippen LogP contribution < -0.4 is 4.74 Å². The second-order valence-corrected chi connectivity index (χ2v) is 7.33. The number of aliphatic hydroxyl groups excluding tert-OH is 1. The Labute approximate surface area is 155 Å². The molecular formula is C22H29NO3. The molecule has 1 saturated heterocycles. The molecule has 2 aromatic carbocycles. The number of hydrogen-bond donors (Lipinski definition) is 1. The molecule has 0 bridgehead atoms. The van der Waals surface area contributed by atoms with E-state index in [2.05, 4.69) is 4.90 Å². The van der Waals surface area contributed by atoms with Gasteiger partial charge in [0.1, 0.15) is 5.75 Å². The van der Waals surface area contributed by atoms with Gasteiger partial charge in [-0.3, -0.25) is 4.79 Å². The molecule has 26 heavy (non-hydrogen) atoms. The van der Waals surface area contributed by atoms with Crippen LogP contribution in [0.3, 0.4) is 0 Å². The lowest BCUT2D eigenvalue weighted by atomic mass is 9.89. The first-order valence-corrected chi connectivity index (χ1v) is 9.52. The zero-order valence-corrected chi connectivity index (χ0v) is 15.8. The highest BCUT2D eigenvalue weighted by atomic mass is 16.5. The van der Waals surface area contributed by atoms with E-state index in [1.165, 1.54) is 19.4 Å². The van der Waals surface area contributed by atoms with Crippen molar-refractivity contribution >= 4 is 16.6 Å². The normalized spacial score (nSPS) is 20.3. The first kappa shape index (κ1) is 18.9. The quantitative estimate of drug-likeness (QED) is 0.830. The molecule has 2 aliphatic rings. The molecule has 4 heteroatoms. The lowest BCUT2D eigenvalue weighted by Crippen LogP contribution is -2.39. The van der Waals surface area contributed by atoms with Gasteiger partial charge in [-0.1, -0.05) is 18.2 Å². The fraction of sp³-hybridized carbons (Fsp3) is 0.500. The highest BCUT2D eigenvalue weighted by molar-refractivity contribution is 6.01. The maximum Gasteiger partial charge on any atom is 0.167 e. The minimum atomic E-state index is 0.160. The van der Waals surface area contributed by atoms with Crippen LogP contribution in [-0.4, -0.2) is 49.6 Å². The third-order valence-electron chi connectivity index (χ3n) is 5.42. The van der Waals surface area contributed by atoms with Crippen LogP contribution in [0.4, 0.5) is 0 Å². The zero-order valence-electron chi connectivity index (χ0n) is 15.8. The highest BCUT2D eigenvalue weighted by Crippen LogP contribution is 2.32. The van der Waals surface area contributed by atoms with Crippen molar-refractivity contribution in [3.63, 3.8) is 0 Å². The van der Waals surface area contributed by atoms with Crippen LogP contribution >= 0.6 is 0 Å². The number of carbonyl (C=O) groups excluding carboxylic acids is 1. The summed E-state index contributed by atoms with van der Waals surface area (Å²) in [6.45, 7) is 3.30. The summed E-state index contributed by atoms with van der Waals surface area (Å²) >= 11 is 0. The van der Waals surface area contributed by atoms with Crippen LogP contribution in [0, 0.1) is 11.8 Å². The molecule has 4 nitrogen and oxygen atoms in total. The van der Waals surface area contributed by atoms with E-state index < -0.39 is 0 Å². The van der Waals surface area contributed by atoms with Crippen LogP contribution in [-0.2, 0) is 0 Å². The van der Waals surface area contributed by atoms with Crippen molar-refractivity contribution in [1.82, 2.24) is 4.90 Å². The lowest BCUT2D eigenvalue weighted by Gasteiger charge is -2.32. The van der Waals surface area contributed by atoms with Crippen molar-refractivity contribution < 1.29 is 14.6 Å². The molecule has 0 aromatic heterocycles. The number of nitrogens with zero attached hydrogens (tertiary/aromatic N) is 1. The van der Waals surface area contributed by atoms with Gasteiger partial charge in [-0.25, -0.2) is 0 Å². The Bertz CT molecular complexity index is 754. The Kier molecular flexibility index (Phi) is 6.28. The minimum absolute atomic E-state index is 0.160. The number of fused-ring (bicyclic) bond motifs is 1. The first-order valence-electron chi connectivity index (χ1n) is 9.52. The average molecular weight is 355 g/mol. The number of aliphatic hydroxyl groups is 1. The molecule has 1 atom stereocenters. The van der Waals surface area contributed by atoms with Gasteiger partial charge in [0.05, 0.1) is 7.11 Å². The lowest BCUT2D eigenvalue weighted by molar-refractivity contribution is 0.0815. The number of methoxy groups -OCH3 is 1. The maximum atomic E-state index is 13.0. The molecule has 4 rings (SSSR count). The number of Topliss-reactive ketones (excluding diaryl/α,β-unsaturated/α-hetero) is 1. The summed E-state index contributed by atoms with van der Waals surface area (Å²) in [5, 5.41) is 9.22. The predicted molar refractivity (Wildman–Crippen MR) is 105 cm³/mol. The van der Waals surface area contributed by atoms with Gasteiger partial charge in [-0.05, 0) is 67.1 Å². The number of likely N-dealkylation sites (tertiary alicyclic amines) is 1. The van der Waals surface area contributed by atoms with Crippen LogP contribution in [0.2, 0.25) is 0 Å². The third-order valence-corrected chi connectivity index (χ3v) is 5.42. The van der Waals surface area contributed by atoms with Crippen molar-refractivity contribution in [3.8, 4) is 5.75 Å². The summed E-state index contributed by atoms with van der Waals surface area (Å²) in [7, 11) is 2.68. The summed E-state index contributed by atoms with van der Waals surface area (Å²) in [4.78, 5) is 15.5. The van der Waals surface area contributed by atoms with Crippen molar-refractivity contribution in [2.45, 2.75) is 25.7 Å². The number of ether oxygens (including phenoxy) is 1. The molecule has 0 amide bonds. The van der Waals surface area contributed by atoms with Crippen molar-refractivity contribution in [1.29, 1.82) is 0 Å². The zero-order chi connectivity index (χ0) is 18.5. The molecule has 2 aromatic rings. The molecule has 1 saturated carbocycles. The number of piperidine rings is 1. The fourth-order valence-electron chi connectivity index (χ4n) is 3.84. The fourth-order valence-corrected chi connectivity index (χ4v) is 3.84. The van der Waals surface area contributed by atoms with E-state index in [-0.39, 0.29) is 5.92 Å². The van der Waals surface area contributed by atoms with Gasteiger partial charge in [-0.2, -0.15) is 0 Å². The van der Waals surface area contributed by atoms with Gasteiger partial charge >= 0.3 is 0 Å². The third kappa shape index (κ3) is 4.43. The predicted octanol–water partition coefficient (Wildman–Crippen LogP) is 3.76. The molecule has 0 spiro atoms. The van der Waals surface area contributed by atoms with Gasteiger partial charge in [0, 0.05) is 31.7 Å². The molecule has 2 fully saturated rings. The van der Waals surface area contributed by atoms with E-state index in [1.807, 2.05) is 36.4 Å². The average Bonchev–Trinajstić information content (AvgIpc) is 3.52. The van der Waals surface area contributed by atoms with Gasteiger partial charge in [0.25, 0.3) is 0 Å². The molecule has 1 N–H and O–H groups in total. The van der Waals surface area contributed by atoms with Gasteiger partial charge in [0.2, 0.25) is 0 Å². The van der Waals surface area contributed by atoms with E-state index in [1.54, 1.807) is 7.11 Å². The van der Waals surface area contributed by atoms with Crippen molar-refractivity contribution in [2.24, 2.45) is 11.8 Å². The summed E-state index contributed by atoms with van der Waals surface area (Å²) in [5.74, 6) is 2.22. The van der Waals surface area contributed by atoms with E-state index >= 15 is 0 Å². The summed E-state index contributed by atoms with van der Waals surface area (Å²) < 4.78 is 5.27. The van der Waals surface area contributed by atoms with E-state index in [0.717, 1.165) is 61.0 Å². The smallest absolute Gasteiger partial charge is 0.167 e. The van der Waals surface area contributed by atoms with Crippen LogP contribution in [0.1, 0.15) is 36.0 Å². The minimum Gasteiger partial charge on any atom is -0.497 e. The SMILES string of the molecule is CO.COc1ccc2cc(C(=O)[C@H]3CCCN(CC4CC4)C3)ccc2c1. The summed E-state index contributed by atoms with van der Waals surface area (Å²) in [6.07, 6.45) is 4.93. The molecule has 0 radical (unpaired) electrons. The number of benzene rings is 2. The van der Waals surface area contributed by atoms with E-state index in [0.29, 0.717) is 5.78 Å². The number of hydrogen-bond acceptors (Lipinski definition) is 4. The Balaban J connectivity index is 0.000000948. The number of ketones is 1. The Morgan fingerprint density at radius 3 is 2.58 bits per heavy atom. The Morgan fingerprint density at radius 1 is 1.12 bits per heavy atom. The monoisotopic (exact) mass is 355 g/mol. The van der Waals surface area contributed by atoms with Gasteiger partial charge in [0.15, 0.2) is 5.78 Å². The molecule has 1 aliphatic heterocycles. The molecule has 1 heterocycles. The molecule has 0 unspecified atom stereocenters. The summed E-state index contributed by atoms with van der Waals surface area (Å²) in [5.41, 5.74) is 0.853. The number of carbonyl (C=O) groups is 1.